The highest BCUT2D eigenvalue weighted by Crippen LogP contribution is 2.32. The number of ketones is 1. The van der Waals surface area contributed by atoms with Crippen molar-refractivity contribution in [1.82, 2.24) is 0 Å². The van der Waals surface area contributed by atoms with E-state index in [2.05, 4.69) is 0 Å². The maximum atomic E-state index is 12.4. The molecule has 3 aromatic carbocycles. The number of carbonyl (C=O) groups is 2. The summed E-state index contributed by atoms with van der Waals surface area (Å²) in [6, 6.07) is 21.4. The molecule has 0 aliphatic carbocycles. The molecule has 0 spiro atoms. The van der Waals surface area contributed by atoms with Crippen molar-refractivity contribution in [2.45, 2.75) is 0 Å². The lowest BCUT2D eigenvalue weighted by molar-refractivity contribution is -0.128. The average molecular weight is 398 g/mol. The van der Waals surface area contributed by atoms with Gasteiger partial charge >= 0.3 is 5.97 Å². The lowest BCUT2D eigenvalue weighted by atomic mass is 10.1. The first-order valence-corrected chi connectivity index (χ1v) is 9.34. The van der Waals surface area contributed by atoms with Gasteiger partial charge in [-0.2, -0.15) is 0 Å². The zero-order valence-corrected chi connectivity index (χ0v) is 16.0. The smallest absolute Gasteiger partial charge is 0.336 e. The standard InChI is InChI=1S/C25H18O5/c26-22(13-6-19-7-14-23-24(16-19)29-17-28-23)20-9-11-21(12-10-20)30-25(27)15-8-18-4-2-1-3-5-18/h1-16H,17H2/b13-6+,15-8-. The molecule has 5 heteroatoms. The van der Waals surface area contributed by atoms with E-state index in [4.69, 9.17) is 14.2 Å². The van der Waals surface area contributed by atoms with Crippen LogP contribution in [0.2, 0.25) is 0 Å². The van der Waals surface area contributed by atoms with E-state index in [0.29, 0.717) is 22.8 Å². The van der Waals surface area contributed by atoms with Crippen molar-refractivity contribution in [3.05, 3.63) is 102 Å². The lowest BCUT2D eigenvalue weighted by Gasteiger charge is -2.02. The number of benzene rings is 3. The lowest BCUT2D eigenvalue weighted by Crippen LogP contribution is -2.04. The van der Waals surface area contributed by atoms with Crippen LogP contribution in [0.4, 0.5) is 0 Å². The molecule has 0 saturated heterocycles. The van der Waals surface area contributed by atoms with Crippen LogP contribution in [0.3, 0.4) is 0 Å². The summed E-state index contributed by atoms with van der Waals surface area (Å²) in [5.74, 6) is 1.09. The third-order valence-corrected chi connectivity index (χ3v) is 4.39. The zero-order chi connectivity index (χ0) is 20.8. The highest BCUT2D eigenvalue weighted by atomic mass is 16.7. The van der Waals surface area contributed by atoms with Crippen LogP contribution >= 0.6 is 0 Å². The molecule has 0 radical (unpaired) electrons. The fourth-order valence-electron chi connectivity index (χ4n) is 2.85. The Balaban J connectivity index is 1.35. The van der Waals surface area contributed by atoms with Crippen LogP contribution in [0.5, 0.6) is 17.2 Å². The number of esters is 1. The molecule has 0 aromatic heterocycles. The van der Waals surface area contributed by atoms with Gasteiger partial charge in [-0.1, -0.05) is 42.5 Å². The molecular formula is C25H18O5. The van der Waals surface area contributed by atoms with Crippen molar-refractivity contribution in [2.24, 2.45) is 0 Å². The number of fused-ring (bicyclic) bond motifs is 1. The second kappa shape index (κ2) is 8.92. The minimum absolute atomic E-state index is 0.158. The number of rotatable bonds is 6. The summed E-state index contributed by atoms with van der Waals surface area (Å²) >= 11 is 0. The Bertz CT molecular complexity index is 1110. The molecule has 5 nitrogen and oxygen atoms in total. The van der Waals surface area contributed by atoms with Gasteiger partial charge in [0.2, 0.25) is 6.79 Å². The molecule has 30 heavy (non-hydrogen) atoms. The molecule has 0 amide bonds. The van der Waals surface area contributed by atoms with Crippen molar-refractivity contribution >= 4 is 23.9 Å². The van der Waals surface area contributed by atoms with Crippen molar-refractivity contribution in [1.29, 1.82) is 0 Å². The minimum atomic E-state index is -0.486. The third-order valence-electron chi connectivity index (χ3n) is 4.39. The first kappa shape index (κ1) is 19.2. The van der Waals surface area contributed by atoms with Crippen LogP contribution in [0, 0.1) is 0 Å². The zero-order valence-electron chi connectivity index (χ0n) is 16.0. The molecule has 0 fully saturated rings. The van der Waals surface area contributed by atoms with E-state index >= 15 is 0 Å². The van der Waals surface area contributed by atoms with Gasteiger partial charge in [-0.05, 0) is 59.7 Å². The number of carbonyl (C=O) groups excluding carboxylic acids is 2. The molecule has 0 atom stereocenters. The molecule has 148 valence electrons. The predicted octanol–water partition coefficient (Wildman–Crippen LogP) is 4.93. The van der Waals surface area contributed by atoms with Gasteiger partial charge in [0.25, 0.3) is 0 Å². The van der Waals surface area contributed by atoms with Gasteiger partial charge in [0.15, 0.2) is 17.3 Å². The Labute approximate surface area is 173 Å². The first-order valence-electron chi connectivity index (χ1n) is 9.34. The van der Waals surface area contributed by atoms with Crippen LogP contribution in [0.1, 0.15) is 21.5 Å². The Morgan fingerprint density at radius 1 is 0.767 bits per heavy atom. The Hall–Kier alpha value is -4.12. The largest absolute Gasteiger partial charge is 0.454 e. The van der Waals surface area contributed by atoms with Gasteiger partial charge in [0, 0.05) is 11.6 Å². The summed E-state index contributed by atoms with van der Waals surface area (Å²) < 4.78 is 15.9. The van der Waals surface area contributed by atoms with Crippen LogP contribution < -0.4 is 14.2 Å². The number of allylic oxidation sites excluding steroid dienone is 1. The summed E-state index contributed by atoms with van der Waals surface area (Å²) in [7, 11) is 0. The maximum Gasteiger partial charge on any atom is 0.336 e. The topological polar surface area (TPSA) is 61.8 Å². The second-order valence-electron chi connectivity index (χ2n) is 6.50. The first-order chi connectivity index (χ1) is 14.7. The Morgan fingerprint density at radius 2 is 1.50 bits per heavy atom. The normalized spacial score (nSPS) is 12.4. The molecule has 1 aliphatic heterocycles. The van der Waals surface area contributed by atoms with Gasteiger partial charge in [-0.3, -0.25) is 4.79 Å². The summed E-state index contributed by atoms with van der Waals surface area (Å²) in [5, 5.41) is 0. The van der Waals surface area contributed by atoms with E-state index in [0.717, 1.165) is 11.1 Å². The van der Waals surface area contributed by atoms with Crippen molar-refractivity contribution in [3.63, 3.8) is 0 Å². The van der Waals surface area contributed by atoms with E-state index in [1.165, 1.54) is 12.2 Å². The van der Waals surface area contributed by atoms with Crippen LogP contribution in [-0.4, -0.2) is 18.5 Å². The van der Waals surface area contributed by atoms with Crippen LogP contribution in [0.15, 0.2) is 84.9 Å². The molecule has 0 N–H and O–H groups in total. The second-order valence-corrected chi connectivity index (χ2v) is 6.50. The van der Waals surface area contributed by atoms with E-state index < -0.39 is 5.97 Å². The van der Waals surface area contributed by atoms with Gasteiger partial charge in [-0.25, -0.2) is 4.79 Å². The fraction of sp³-hybridized carbons (Fsp3) is 0.0400. The van der Waals surface area contributed by atoms with Crippen LogP contribution in [-0.2, 0) is 4.79 Å². The molecule has 0 bridgehead atoms. The molecule has 4 rings (SSSR count). The van der Waals surface area contributed by atoms with Crippen molar-refractivity contribution in [2.75, 3.05) is 6.79 Å². The fourth-order valence-corrected chi connectivity index (χ4v) is 2.85. The summed E-state index contributed by atoms with van der Waals surface area (Å²) in [4.78, 5) is 24.3. The summed E-state index contributed by atoms with van der Waals surface area (Å²) in [5.41, 5.74) is 2.24. The van der Waals surface area contributed by atoms with Crippen LogP contribution in [0.25, 0.3) is 12.2 Å². The van der Waals surface area contributed by atoms with E-state index in [-0.39, 0.29) is 12.6 Å². The third kappa shape index (κ3) is 4.83. The average Bonchev–Trinajstić information content (AvgIpc) is 3.25. The van der Waals surface area contributed by atoms with Gasteiger partial charge in [0.1, 0.15) is 5.75 Å². The van der Waals surface area contributed by atoms with Gasteiger partial charge in [-0.15, -0.1) is 0 Å². The Kier molecular flexibility index (Phi) is 5.71. The predicted molar refractivity (Wildman–Crippen MR) is 113 cm³/mol. The molecule has 1 heterocycles. The monoisotopic (exact) mass is 398 g/mol. The number of ether oxygens (including phenoxy) is 3. The van der Waals surface area contributed by atoms with Gasteiger partial charge < -0.3 is 14.2 Å². The minimum Gasteiger partial charge on any atom is -0.454 e. The highest BCUT2D eigenvalue weighted by molar-refractivity contribution is 6.06. The summed E-state index contributed by atoms with van der Waals surface area (Å²) in [6.45, 7) is 0.209. The number of hydrogen-bond acceptors (Lipinski definition) is 5. The van der Waals surface area contributed by atoms with Gasteiger partial charge in [0.05, 0.1) is 0 Å². The maximum absolute atomic E-state index is 12.4. The SMILES string of the molecule is O=C(/C=C\c1ccccc1)Oc1ccc(C(=O)/C=C/c2ccc3c(c2)OCO3)cc1. The molecule has 0 saturated carbocycles. The van der Waals surface area contributed by atoms with E-state index in [1.54, 1.807) is 36.4 Å². The number of hydrogen-bond donors (Lipinski definition) is 0. The summed E-state index contributed by atoms with van der Waals surface area (Å²) in [6.07, 6.45) is 6.25. The van der Waals surface area contributed by atoms with E-state index in [9.17, 15) is 9.59 Å². The molecule has 1 aliphatic rings. The quantitative estimate of drug-likeness (QED) is 0.255. The highest BCUT2D eigenvalue weighted by Gasteiger charge is 2.12. The Morgan fingerprint density at radius 3 is 2.30 bits per heavy atom. The molecular weight excluding hydrogens is 380 g/mol. The van der Waals surface area contributed by atoms with Crippen molar-refractivity contribution < 1.29 is 23.8 Å². The van der Waals surface area contributed by atoms with E-state index in [1.807, 2.05) is 48.5 Å². The van der Waals surface area contributed by atoms with Crippen molar-refractivity contribution in [3.8, 4) is 17.2 Å². The molecule has 3 aromatic rings. The molecule has 0 unspecified atom stereocenters.